The zero-order valence-corrected chi connectivity index (χ0v) is 9.76. The molecule has 0 aliphatic heterocycles. The molecule has 0 rings (SSSR count). The van der Waals surface area contributed by atoms with Crippen molar-refractivity contribution < 1.29 is 0 Å². The number of hydrogen-bond donors (Lipinski definition) is 2. The number of nitrogens with one attached hydrogen (secondary N) is 1. The van der Waals surface area contributed by atoms with Gasteiger partial charge in [-0.05, 0) is 18.8 Å². The highest BCUT2D eigenvalue weighted by atomic mass is 15.2. The Balaban J connectivity index is 3.80. The van der Waals surface area contributed by atoms with Gasteiger partial charge in [-0.3, -0.25) is 11.3 Å². The van der Waals surface area contributed by atoms with E-state index in [4.69, 9.17) is 5.84 Å². The lowest BCUT2D eigenvalue weighted by Crippen LogP contribution is -2.36. The molecule has 2 unspecified atom stereocenters. The molecule has 0 radical (unpaired) electrons. The van der Waals surface area contributed by atoms with Gasteiger partial charge < -0.3 is 0 Å². The molecule has 0 saturated heterocycles. The van der Waals surface area contributed by atoms with E-state index in [1.807, 2.05) is 6.08 Å². The first-order chi connectivity index (χ1) is 6.78. The molecule has 3 N–H and O–H groups in total. The van der Waals surface area contributed by atoms with Gasteiger partial charge in [0, 0.05) is 6.04 Å². The molecule has 0 aromatic heterocycles. The summed E-state index contributed by atoms with van der Waals surface area (Å²) in [6.07, 6.45) is 9.31. The highest BCUT2D eigenvalue weighted by Crippen LogP contribution is 2.19. The van der Waals surface area contributed by atoms with E-state index in [0.29, 0.717) is 6.04 Å². The van der Waals surface area contributed by atoms with Gasteiger partial charge in [-0.25, -0.2) is 0 Å². The van der Waals surface area contributed by atoms with Gasteiger partial charge in [-0.1, -0.05) is 45.6 Å². The summed E-state index contributed by atoms with van der Waals surface area (Å²) < 4.78 is 0. The second-order valence-electron chi connectivity index (χ2n) is 4.04. The first-order valence-electron chi connectivity index (χ1n) is 5.85. The van der Waals surface area contributed by atoms with Gasteiger partial charge >= 0.3 is 0 Å². The van der Waals surface area contributed by atoms with Crippen molar-refractivity contribution in [2.24, 2.45) is 11.8 Å². The summed E-state index contributed by atoms with van der Waals surface area (Å²) in [5, 5.41) is 0. The predicted molar refractivity (Wildman–Crippen MR) is 63.8 cm³/mol. The van der Waals surface area contributed by atoms with Gasteiger partial charge in [0.2, 0.25) is 0 Å². The monoisotopic (exact) mass is 198 g/mol. The first-order valence-corrected chi connectivity index (χ1v) is 5.85. The maximum absolute atomic E-state index is 5.49. The summed E-state index contributed by atoms with van der Waals surface area (Å²) in [6, 6.07) is 0.411. The molecule has 0 amide bonds. The van der Waals surface area contributed by atoms with Crippen LogP contribution in [-0.4, -0.2) is 6.04 Å². The molecule has 0 saturated carbocycles. The van der Waals surface area contributed by atoms with Gasteiger partial charge in [0.25, 0.3) is 0 Å². The van der Waals surface area contributed by atoms with Gasteiger partial charge in [-0.2, -0.15) is 0 Å². The number of nitrogens with two attached hydrogens (primary N) is 1. The molecule has 0 aliphatic carbocycles. The minimum atomic E-state index is 0.411. The Bertz CT molecular complexity index is 134. The third kappa shape index (κ3) is 6.17. The SMILES string of the molecule is C=CCC(CC(CC)CCCC)NN. The zero-order valence-electron chi connectivity index (χ0n) is 9.76. The van der Waals surface area contributed by atoms with Crippen molar-refractivity contribution in [3.05, 3.63) is 12.7 Å². The van der Waals surface area contributed by atoms with Crippen molar-refractivity contribution in [2.75, 3.05) is 0 Å². The average Bonchev–Trinajstić information content (AvgIpc) is 2.22. The van der Waals surface area contributed by atoms with E-state index in [1.165, 1.54) is 32.1 Å². The molecule has 0 aromatic carbocycles. The summed E-state index contributed by atoms with van der Waals surface area (Å²) >= 11 is 0. The Morgan fingerprint density at radius 2 is 2.14 bits per heavy atom. The van der Waals surface area contributed by atoms with E-state index in [2.05, 4.69) is 25.9 Å². The molecule has 0 aromatic rings. The van der Waals surface area contributed by atoms with Crippen molar-refractivity contribution in [3.63, 3.8) is 0 Å². The molecule has 14 heavy (non-hydrogen) atoms. The van der Waals surface area contributed by atoms with E-state index in [9.17, 15) is 0 Å². The van der Waals surface area contributed by atoms with Crippen LogP contribution in [-0.2, 0) is 0 Å². The van der Waals surface area contributed by atoms with Crippen LogP contribution in [0.5, 0.6) is 0 Å². The molecule has 0 aliphatic rings. The Morgan fingerprint density at radius 3 is 2.57 bits per heavy atom. The normalized spacial score (nSPS) is 15.1. The fourth-order valence-electron chi connectivity index (χ4n) is 1.82. The third-order valence-electron chi connectivity index (χ3n) is 2.85. The van der Waals surface area contributed by atoms with Crippen molar-refractivity contribution >= 4 is 0 Å². The maximum atomic E-state index is 5.49. The van der Waals surface area contributed by atoms with Crippen molar-refractivity contribution in [2.45, 2.75) is 58.4 Å². The Hall–Kier alpha value is -0.340. The minimum absolute atomic E-state index is 0.411. The molecule has 0 fully saturated rings. The second-order valence-corrected chi connectivity index (χ2v) is 4.04. The Labute approximate surface area is 88.9 Å². The number of unbranched alkanes of at least 4 members (excludes halogenated alkanes) is 1. The van der Waals surface area contributed by atoms with Gasteiger partial charge in [0.1, 0.15) is 0 Å². The molecule has 0 heterocycles. The van der Waals surface area contributed by atoms with Crippen molar-refractivity contribution in [1.29, 1.82) is 0 Å². The number of hydrogen-bond acceptors (Lipinski definition) is 2. The molecule has 2 atom stereocenters. The topological polar surface area (TPSA) is 38.0 Å². The van der Waals surface area contributed by atoms with E-state index >= 15 is 0 Å². The van der Waals surface area contributed by atoms with Gasteiger partial charge in [0.05, 0.1) is 0 Å². The van der Waals surface area contributed by atoms with Crippen LogP contribution in [0.1, 0.15) is 52.4 Å². The fraction of sp³-hybridized carbons (Fsp3) is 0.833. The molecular formula is C12H26N2. The van der Waals surface area contributed by atoms with Crippen molar-refractivity contribution in [1.82, 2.24) is 5.43 Å². The van der Waals surface area contributed by atoms with Crippen molar-refractivity contribution in [3.8, 4) is 0 Å². The largest absolute Gasteiger partial charge is 0.271 e. The quantitative estimate of drug-likeness (QED) is 0.339. The lowest BCUT2D eigenvalue weighted by atomic mass is 9.91. The maximum Gasteiger partial charge on any atom is 0.0247 e. The Morgan fingerprint density at radius 1 is 1.43 bits per heavy atom. The summed E-state index contributed by atoms with van der Waals surface area (Å²) in [7, 11) is 0. The second kappa shape index (κ2) is 9.22. The highest BCUT2D eigenvalue weighted by molar-refractivity contribution is 4.78. The summed E-state index contributed by atoms with van der Waals surface area (Å²) in [6.45, 7) is 8.26. The van der Waals surface area contributed by atoms with Crippen LogP contribution >= 0.6 is 0 Å². The first kappa shape index (κ1) is 13.7. The average molecular weight is 198 g/mol. The van der Waals surface area contributed by atoms with Gasteiger partial charge in [0.15, 0.2) is 0 Å². The lowest BCUT2D eigenvalue weighted by molar-refractivity contribution is 0.352. The molecular weight excluding hydrogens is 172 g/mol. The minimum Gasteiger partial charge on any atom is -0.271 e. The van der Waals surface area contributed by atoms with Crippen LogP contribution in [0.3, 0.4) is 0 Å². The molecule has 2 heteroatoms. The number of hydrazine groups is 1. The van der Waals surface area contributed by atoms with Gasteiger partial charge in [-0.15, -0.1) is 6.58 Å². The fourth-order valence-corrected chi connectivity index (χ4v) is 1.82. The summed E-state index contributed by atoms with van der Waals surface area (Å²) in [4.78, 5) is 0. The number of rotatable bonds is 9. The van der Waals surface area contributed by atoms with Crippen LogP contribution in [0, 0.1) is 5.92 Å². The predicted octanol–water partition coefficient (Wildman–Crippen LogP) is 3.00. The molecule has 0 spiro atoms. The van der Waals surface area contributed by atoms with Crippen LogP contribution in [0.15, 0.2) is 12.7 Å². The van der Waals surface area contributed by atoms with E-state index < -0.39 is 0 Å². The molecule has 0 bridgehead atoms. The van der Waals surface area contributed by atoms with E-state index in [1.54, 1.807) is 0 Å². The molecule has 84 valence electrons. The third-order valence-corrected chi connectivity index (χ3v) is 2.85. The highest BCUT2D eigenvalue weighted by Gasteiger charge is 2.12. The van der Waals surface area contributed by atoms with E-state index in [0.717, 1.165) is 12.3 Å². The summed E-state index contributed by atoms with van der Waals surface area (Å²) in [5.74, 6) is 6.31. The van der Waals surface area contributed by atoms with Crippen LogP contribution in [0.4, 0.5) is 0 Å². The van der Waals surface area contributed by atoms with E-state index in [-0.39, 0.29) is 0 Å². The smallest absolute Gasteiger partial charge is 0.0247 e. The van der Waals surface area contributed by atoms with Crippen LogP contribution in [0.25, 0.3) is 0 Å². The molecule has 2 nitrogen and oxygen atoms in total. The standard InChI is InChI=1S/C12H26N2/c1-4-7-9-11(6-3)10-12(14-13)8-5-2/h5,11-12,14H,2,4,6-10,13H2,1,3H3. The zero-order chi connectivity index (χ0) is 10.8. The van der Waals surface area contributed by atoms with Crippen LogP contribution in [0.2, 0.25) is 0 Å². The summed E-state index contributed by atoms with van der Waals surface area (Å²) in [5.41, 5.74) is 2.87. The van der Waals surface area contributed by atoms with Crippen LogP contribution < -0.4 is 11.3 Å². The Kier molecular flexibility index (Phi) is 9.00. The lowest BCUT2D eigenvalue weighted by Gasteiger charge is -2.20.